The van der Waals surface area contributed by atoms with Crippen LogP contribution in [0.5, 0.6) is 0 Å². The minimum Gasteiger partial charge on any atom is -0.444 e. The Labute approximate surface area is 103 Å². The number of amides is 1. The van der Waals surface area contributed by atoms with E-state index >= 15 is 0 Å². The summed E-state index contributed by atoms with van der Waals surface area (Å²) >= 11 is 0. The summed E-state index contributed by atoms with van der Waals surface area (Å²) in [5, 5.41) is 0. The molecule has 1 rings (SSSR count). The fourth-order valence-corrected chi connectivity index (χ4v) is 1.56. The maximum atomic E-state index is 11.8. The molecule has 1 aliphatic heterocycles. The number of rotatable bonds is 3. The monoisotopic (exact) mass is 245 g/mol. The third-order valence-electron chi connectivity index (χ3n) is 2.30. The van der Waals surface area contributed by atoms with Gasteiger partial charge in [0.1, 0.15) is 5.60 Å². The fraction of sp³-hybridized carbons (Fsp3) is 0.917. The smallest absolute Gasteiger partial charge is 0.410 e. The van der Waals surface area contributed by atoms with Crippen LogP contribution < -0.4 is 0 Å². The van der Waals surface area contributed by atoms with Gasteiger partial charge in [0.15, 0.2) is 0 Å². The number of carbonyl (C=O) groups excluding carboxylic acids is 1. The van der Waals surface area contributed by atoms with E-state index in [4.69, 9.17) is 14.2 Å². The number of morpholine rings is 1. The van der Waals surface area contributed by atoms with Gasteiger partial charge in [0.05, 0.1) is 25.9 Å². The second kappa shape index (κ2) is 6.21. The first-order valence-electron chi connectivity index (χ1n) is 6.09. The topological polar surface area (TPSA) is 48.0 Å². The molecule has 0 bridgehead atoms. The van der Waals surface area contributed by atoms with Crippen LogP contribution in [0.4, 0.5) is 4.79 Å². The molecule has 0 saturated carbocycles. The largest absolute Gasteiger partial charge is 0.444 e. The lowest BCUT2D eigenvalue weighted by molar-refractivity contribution is -0.0710. The highest BCUT2D eigenvalue weighted by Crippen LogP contribution is 2.13. The van der Waals surface area contributed by atoms with Crippen molar-refractivity contribution in [2.75, 3.05) is 32.9 Å². The van der Waals surface area contributed by atoms with Crippen LogP contribution in [0.2, 0.25) is 0 Å². The molecule has 100 valence electrons. The van der Waals surface area contributed by atoms with Crippen molar-refractivity contribution in [3.8, 4) is 0 Å². The zero-order valence-electron chi connectivity index (χ0n) is 11.2. The second-order valence-electron chi connectivity index (χ2n) is 5.08. The van der Waals surface area contributed by atoms with Gasteiger partial charge in [0.25, 0.3) is 0 Å². The molecule has 1 saturated heterocycles. The minimum atomic E-state index is -0.454. The number of ether oxygens (including phenoxy) is 3. The van der Waals surface area contributed by atoms with Crippen molar-refractivity contribution in [1.29, 1.82) is 0 Å². The Hall–Kier alpha value is -0.810. The summed E-state index contributed by atoms with van der Waals surface area (Å²) in [7, 11) is 0. The molecular weight excluding hydrogens is 222 g/mol. The van der Waals surface area contributed by atoms with Crippen LogP contribution in [0, 0.1) is 0 Å². The van der Waals surface area contributed by atoms with E-state index in [0.717, 1.165) is 0 Å². The maximum Gasteiger partial charge on any atom is 0.410 e. The van der Waals surface area contributed by atoms with Crippen molar-refractivity contribution in [3.63, 3.8) is 0 Å². The highest BCUT2D eigenvalue weighted by atomic mass is 16.6. The van der Waals surface area contributed by atoms with Crippen molar-refractivity contribution in [2.45, 2.75) is 39.4 Å². The van der Waals surface area contributed by atoms with Crippen molar-refractivity contribution >= 4 is 6.09 Å². The Morgan fingerprint density at radius 2 is 2.18 bits per heavy atom. The van der Waals surface area contributed by atoms with Gasteiger partial charge in [-0.25, -0.2) is 4.79 Å². The van der Waals surface area contributed by atoms with E-state index in [-0.39, 0.29) is 12.2 Å². The third kappa shape index (κ3) is 5.37. The van der Waals surface area contributed by atoms with Gasteiger partial charge >= 0.3 is 6.09 Å². The van der Waals surface area contributed by atoms with Gasteiger partial charge in [0, 0.05) is 13.2 Å². The highest BCUT2D eigenvalue weighted by molar-refractivity contribution is 5.68. The summed E-state index contributed by atoms with van der Waals surface area (Å²) < 4.78 is 16.1. The number of hydrogen-bond donors (Lipinski definition) is 0. The van der Waals surface area contributed by atoms with Crippen LogP contribution in [0.3, 0.4) is 0 Å². The fourth-order valence-electron chi connectivity index (χ4n) is 1.56. The Kier molecular flexibility index (Phi) is 5.21. The molecule has 5 nitrogen and oxygen atoms in total. The molecule has 1 fully saturated rings. The summed E-state index contributed by atoms with van der Waals surface area (Å²) in [5.74, 6) is 0. The molecule has 1 aliphatic rings. The molecule has 0 aliphatic carbocycles. The molecule has 0 spiro atoms. The maximum absolute atomic E-state index is 11.8. The lowest BCUT2D eigenvalue weighted by atomic mass is 10.2. The summed E-state index contributed by atoms with van der Waals surface area (Å²) in [4.78, 5) is 13.5. The van der Waals surface area contributed by atoms with Crippen LogP contribution in [0.25, 0.3) is 0 Å². The number of carbonyl (C=O) groups is 1. The molecular formula is C12H23NO4. The van der Waals surface area contributed by atoms with E-state index in [1.165, 1.54) is 0 Å². The Bertz CT molecular complexity index is 249. The predicted octanol–water partition coefficient (Wildman–Crippen LogP) is 1.66. The molecule has 5 heteroatoms. The molecule has 0 aromatic heterocycles. The van der Waals surface area contributed by atoms with Crippen molar-refractivity contribution < 1.29 is 19.0 Å². The van der Waals surface area contributed by atoms with Crippen molar-refractivity contribution in [2.24, 2.45) is 0 Å². The first-order valence-corrected chi connectivity index (χ1v) is 6.09. The van der Waals surface area contributed by atoms with E-state index in [0.29, 0.717) is 32.9 Å². The predicted molar refractivity (Wildman–Crippen MR) is 64.0 cm³/mol. The molecule has 1 amide bonds. The summed E-state index contributed by atoms with van der Waals surface area (Å²) in [6.07, 6.45) is -0.321. The molecule has 1 atom stereocenters. The van der Waals surface area contributed by atoms with Gasteiger partial charge in [-0.1, -0.05) is 0 Å². The van der Waals surface area contributed by atoms with Crippen LogP contribution in [-0.4, -0.2) is 55.6 Å². The molecule has 17 heavy (non-hydrogen) atoms. The van der Waals surface area contributed by atoms with Crippen molar-refractivity contribution in [3.05, 3.63) is 0 Å². The molecule has 0 N–H and O–H groups in total. The minimum absolute atomic E-state index is 0.0452. The molecule has 0 aromatic carbocycles. The molecule has 0 aromatic rings. The summed E-state index contributed by atoms with van der Waals surface area (Å²) in [5.41, 5.74) is -0.454. The average molecular weight is 245 g/mol. The Morgan fingerprint density at radius 3 is 2.76 bits per heavy atom. The van der Waals surface area contributed by atoms with Crippen LogP contribution in [-0.2, 0) is 14.2 Å². The van der Waals surface area contributed by atoms with Gasteiger partial charge < -0.3 is 19.1 Å². The van der Waals surface area contributed by atoms with Crippen LogP contribution >= 0.6 is 0 Å². The standard InChI is InChI=1S/C12H23NO4/c1-5-15-9-10-8-13(6-7-16-10)11(14)17-12(2,3)4/h10H,5-9H2,1-4H3/t10-/m1/s1. The number of hydrogen-bond acceptors (Lipinski definition) is 4. The van der Waals surface area contributed by atoms with Gasteiger partial charge in [-0.15, -0.1) is 0 Å². The first-order chi connectivity index (χ1) is 7.92. The normalized spacial score (nSPS) is 21.4. The molecule has 0 radical (unpaired) electrons. The van der Waals surface area contributed by atoms with Crippen molar-refractivity contribution in [1.82, 2.24) is 4.90 Å². The second-order valence-corrected chi connectivity index (χ2v) is 5.08. The van der Waals surface area contributed by atoms with Crippen LogP contribution in [0.15, 0.2) is 0 Å². The van der Waals surface area contributed by atoms with Gasteiger partial charge in [-0.2, -0.15) is 0 Å². The zero-order valence-corrected chi connectivity index (χ0v) is 11.2. The summed E-state index contributed by atoms with van der Waals surface area (Å²) in [6, 6.07) is 0. The van der Waals surface area contributed by atoms with Gasteiger partial charge in [0.2, 0.25) is 0 Å². The molecule has 0 unspecified atom stereocenters. The van der Waals surface area contributed by atoms with E-state index in [2.05, 4.69) is 0 Å². The SMILES string of the molecule is CCOC[C@H]1CN(C(=O)OC(C)(C)C)CCO1. The number of nitrogens with zero attached hydrogens (tertiary/aromatic N) is 1. The first kappa shape index (κ1) is 14.3. The lowest BCUT2D eigenvalue weighted by Crippen LogP contribution is -2.48. The quantitative estimate of drug-likeness (QED) is 0.758. The van der Waals surface area contributed by atoms with Gasteiger partial charge in [-0.3, -0.25) is 0 Å². The third-order valence-corrected chi connectivity index (χ3v) is 2.30. The lowest BCUT2D eigenvalue weighted by Gasteiger charge is -2.34. The molecule has 1 heterocycles. The summed E-state index contributed by atoms with van der Waals surface area (Å²) in [6.45, 7) is 10.4. The van der Waals surface area contributed by atoms with Gasteiger partial charge in [-0.05, 0) is 27.7 Å². The van der Waals surface area contributed by atoms with E-state index < -0.39 is 5.60 Å². The van der Waals surface area contributed by atoms with E-state index in [1.54, 1.807) is 4.90 Å². The Morgan fingerprint density at radius 1 is 1.47 bits per heavy atom. The van der Waals surface area contributed by atoms with Crippen LogP contribution in [0.1, 0.15) is 27.7 Å². The Balaban J connectivity index is 2.40. The van der Waals surface area contributed by atoms with E-state index in [1.807, 2.05) is 27.7 Å². The highest BCUT2D eigenvalue weighted by Gasteiger charge is 2.27. The average Bonchev–Trinajstić information content (AvgIpc) is 2.24. The zero-order chi connectivity index (χ0) is 12.9. The van der Waals surface area contributed by atoms with E-state index in [9.17, 15) is 4.79 Å².